The third kappa shape index (κ3) is 2.85. The summed E-state index contributed by atoms with van der Waals surface area (Å²) in [5.41, 5.74) is 3.36. The zero-order chi connectivity index (χ0) is 14.7. The third-order valence-electron chi connectivity index (χ3n) is 3.77. The highest BCUT2D eigenvalue weighted by atomic mass is 16.7. The van der Waals surface area contributed by atoms with Crippen molar-refractivity contribution in [3.8, 4) is 0 Å². The highest BCUT2D eigenvalue weighted by Crippen LogP contribution is 2.31. The van der Waals surface area contributed by atoms with Crippen LogP contribution < -0.4 is 5.48 Å². The Kier molecular flexibility index (Phi) is 3.79. The van der Waals surface area contributed by atoms with Gasteiger partial charge >= 0.3 is 6.09 Å². The molecular weight excluding hydrogens is 270 g/mol. The fourth-order valence-corrected chi connectivity index (χ4v) is 2.58. The van der Waals surface area contributed by atoms with Crippen molar-refractivity contribution in [2.24, 2.45) is 4.99 Å². The van der Waals surface area contributed by atoms with E-state index in [9.17, 15) is 4.79 Å². The number of hydrogen-bond acceptors (Lipinski definition) is 5. The number of nitrogens with one attached hydrogen (secondary N) is 1. The third-order valence-corrected chi connectivity index (χ3v) is 3.77. The maximum absolute atomic E-state index is 11.7. The van der Waals surface area contributed by atoms with Gasteiger partial charge in [0.25, 0.3) is 0 Å². The van der Waals surface area contributed by atoms with Crippen LogP contribution in [-0.2, 0) is 9.57 Å². The van der Waals surface area contributed by atoms with Crippen molar-refractivity contribution >= 4 is 11.9 Å². The summed E-state index contributed by atoms with van der Waals surface area (Å²) in [6.07, 6.45) is 1.06. The van der Waals surface area contributed by atoms with Crippen LogP contribution in [0.25, 0.3) is 0 Å². The maximum atomic E-state index is 11.7. The Bertz CT molecular complexity index is 536. The van der Waals surface area contributed by atoms with E-state index in [2.05, 4.69) is 5.48 Å². The largest absolute Gasteiger partial charge is 0.450 e. The van der Waals surface area contributed by atoms with E-state index < -0.39 is 5.72 Å². The lowest BCUT2D eigenvalue weighted by Gasteiger charge is -2.34. The van der Waals surface area contributed by atoms with Gasteiger partial charge in [0.2, 0.25) is 0 Å². The molecule has 1 aromatic rings. The number of aliphatic imine (C=N–C) groups is 1. The Labute approximate surface area is 123 Å². The molecule has 1 spiro atoms. The van der Waals surface area contributed by atoms with Gasteiger partial charge in [-0.3, -0.25) is 0 Å². The summed E-state index contributed by atoms with van der Waals surface area (Å²) < 4.78 is 5.02. The molecule has 0 saturated carbocycles. The lowest BCUT2D eigenvalue weighted by Crippen LogP contribution is -2.46. The van der Waals surface area contributed by atoms with Gasteiger partial charge in [-0.15, -0.1) is 0 Å². The van der Waals surface area contributed by atoms with Crippen molar-refractivity contribution in [1.29, 1.82) is 0 Å². The van der Waals surface area contributed by atoms with Crippen molar-refractivity contribution in [3.05, 3.63) is 35.9 Å². The van der Waals surface area contributed by atoms with Crippen molar-refractivity contribution < 1.29 is 14.4 Å². The van der Waals surface area contributed by atoms with E-state index in [0.29, 0.717) is 32.5 Å². The monoisotopic (exact) mass is 289 g/mol. The van der Waals surface area contributed by atoms with Crippen LogP contribution in [0.1, 0.15) is 25.3 Å². The highest BCUT2D eigenvalue weighted by Gasteiger charge is 2.41. The number of piperidine rings is 1. The molecule has 2 heterocycles. The standard InChI is InChI=1S/C15H19N3O3/c1-2-20-14(19)18-10-8-15(9-11-18)16-13(17-21-15)12-6-4-3-5-7-12/h3-7H,2,8-11H2,1H3,(H,16,17). The molecule has 0 atom stereocenters. The second kappa shape index (κ2) is 5.73. The minimum Gasteiger partial charge on any atom is -0.450 e. The number of ether oxygens (including phenoxy) is 1. The first-order chi connectivity index (χ1) is 10.2. The van der Waals surface area contributed by atoms with E-state index in [4.69, 9.17) is 14.6 Å². The predicted octanol–water partition coefficient (Wildman–Crippen LogP) is 1.92. The van der Waals surface area contributed by atoms with Crippen LogP contribution in [0, 0.1) is 0 Å². The maximum Gasteiger partial charge on any atom is 0.409 e. The average molecular weight is 289 g/mol. The zero-order valence-corrected chi connectivity index (χ0v) is 12.0. The van der Waals surface area contributed by atoms with Gasteiger partial charge in [-0.1, -0.05) is 30.3 Å². The molecule has 6 nitrogen and oxygen atoms in total. The van der Waals surface area contributed by atoms with Crippen LogP contribution in [0.15, 0.2) is 35.3 Å². The first-order valence-electron chi connectivity index (χ1n) is 7.23. The van der Waals surface area contributed by atoms with Gasteiger partial charge in [0.05, 0.1) is 6.61 Å². The number of carbonyl (C=O) groups excluding carboxylic acids is 1. The molecule has 0 radical (unpaired) electrons. The average Bonchev–Trinajstić information content (AvgIpc) is 2.93. The Morgan fingerprint density at radius 1 is 1.38 bits per heavy atom. The molecule has 0 aliphatic carbocycles. The van der Waals surface area contributed by atoms with Gasteiger partial charge < -0.3 is 9.64 Å². The topological polar surface area (TPSA) is 63.2 Å². The van der Waals surface area contributed by atoms with Crippen LogP contribution in [0.5, 0.6) is 0 Å². The number of amidine groups is 1. The van der Waals surface area contributed by atoms with E-state index in [1.165, 1.54) is 0 Å². The van der Waals surface area contributed by atoms with Crippen LogP contribution in [0.2, 0.25) is 0 Å². The summed E-state index contributed by atoms with van der Waals surface area (Å²) >= 11 is 0. The van der Waals surface area contributed by atoms with Crippen LogP contribution in [0.4, 0.5) is 4.79 Å². The molecule has 21 heavy (non-hydrogen) atoms. The number of benzene rings is 1. The highest BCUT2D eigenvalue weighted by molar-refractivity contribution is 5.99. The molecule has 0 aromatic heterocycles. The van der Waals surface area contributed by atoms with Crippen LogP contribution >= 0.6 is 0 Å². The summed E-state index contributed by atoms with van der Waals surface area (Å²) in [5, 5.41) is 0. The summed E-state index contributed by atoms with van der Waals surface area (Å²) in [6.45, 7) is 3.39. The molecule has 0 unspecified atom stereocenters. The minimum absolute atomic E-state index is 0.259. The molecule has 3 rings (SSSR count). The van der Waals surface area contributed by atoms with Crippen molar-refractivity contribution in [3.63, 3.8) is 0 Å². The second-order valence-electron chi connectivity index (χ2n) is 5.16. The molecule has 1 N–H and O–H groups in total. The van der Waals surface area contributed by atoms with Crippen LogP contribution in [-0.4, -0.2) is 42.3 Å². The fraction of sp³-hybridized carbons (Fsp3) is 0.467. The molecule has 1 aromatic carbocycles. The van der Waals surface area contributed by atoms with Gasteiger partial charge in [0.1, 0.15) is 0 Å². The number of rotatable bonds is 2. The van der Waals surface area contributed by atoms with E-state index in [1.54, 1.807) is 4.90 Å². The molecule has 1 fully saturated rings. The van der Waals surface area contributed by atoms with Crippen molar-refractivity contribution in [1.82, 2.24) is 10.4 Å². The Morgan fingerprint density at radius 2 is 2.10 bits per heavy atom. The molecular formula is C15H19N3O3. The summed E-state index contributed by atoms with van der Waals surface area (Å²) in [5.74, 6) is 0.750. The van der Waals surface area contributed by atoms with Gasteiger partial charge in [-0.2, -0.15) is 0 Å². The summed E-state index contributed by atoms with van der Waals surface area (Å²) in [4.78, 5) is 23.8. The number of nitrogens with zero attached hydrogens (tertiary/aromatic N) is 2. The van der Waals surface area contributed by atoms with E-state index in [0.717, 1.165) is 11.4 Å². The Balaban J connectivity index is 1.66. The molecule has 0 bridgehead atoms. The van der Waals surface area contributed by atoms with Gasteiger partial charge in [-0.25, -0.2) is 20.1 Å². The zero-order valence-electron chi connectivity index (χ0n) is 12.0. The lowest BCUT2D eigenvalue weighted by atomic mass is 10.0. The second-order valence-corrected chi connectivity index (χ2v) is 5.16. The van der Waals surface area contributed by atoms with Crippen molar-refractivity contribution in [2.75, 3.05) is 19.7 Å². The predicted molar refractivity (Wildman–Crippen MR) is 77.8 cm³/mol. The number of hydrogen-bond donors (Lipinski definition) is 1. The van der Waals surface area contributed by atoms with E-state index >= 15 is 0 Å². The summed E-state index contributed by atoms with van der Waals surface area (Å²) in [6, 6.07) is 9.87. The molecule has 2 aliphatic heterocycles. The van der Waals surface area contributed by atoms with Gasteiger partial charge in [0, 0.05) is 31.5 Å². The molecule has 2 aliphatic rings. The number of amides is 1. The first-order valence-corrected chi connectivity index (χ1v) is 7.23. The molecule has 1 amide bonds. The Hall–Kier alpha value is -2.08. The normalized spacial score (nSPS) is 20.0. The molecule has 112 valence electrons. The smallest absolute Gasteiger partial charge is 0.409 e. The minimum atomic E-state index is -0.561. The number of hydroxylamine groups is 1. The number of likely N-dealkylation sites (tertiary alicyclic amines) is 1. The van der Waals surface area contributed by atoms with Crippen LogP contribution in [0.3, 0.4) is 0 Å². The summed E-state index contributed by atoms with van der Waals surface area (Å²) in [7, 11) is 0. The fourth-order valence-electron chi connectivity index (χ4n) is 2.58. The molecule has 1 saturated heterocycles. The Morgan fingerprint density at radius 3 is 2.76 bits per heavy atom. The lowest BCUT2D eigenvalue weighted by molar-refractivity contribution is -0.0866. The van der Waals surface area contributed by atoms with Gasteiger partial charge in [0.15, 0.2) is 11.6 Å². The molecule has 6 heteroatoms. The van der Waals surface area contributed by atoms with E-state index in [-0.39, 0.29) is 6.09 Å². The van der Waals surface area contributed by atoms with Gasteiger partial charge in [-0.05, 0) is 6.92 Å². The van der Waals surface area contributed by atoms with E-state index in [1.807, 2.05) is 37.3 Å². The van der Waals surface area contributed by atoms with Crippen molar-refractivity contribution in [2.45, 2.75) is 25.5 Å². The first kappa shape index (κ1) is 13.9. The quantitative estimate of drug-likeness (QED) is 0.903. The number of carbonyl (C=O) groups is 1. The SMILES string of the molecule is CCOC(=O)N1CCC2(CC1)N=C(c1ccccc1)NO2.